The number of benzene rings is 2. The van der Waals surface area contributed by atoms with Gasteiger partial charge in [0.1, 0.15) is 23.8 Å². The number of carbonyl (C=O) groups is 3. The van der Waals surface area contributed by atoms with Gasteiger partial charge in [-0.05, 0) is 73.6 Å². The Morgan fingerprint density at radius 3 is 2.42 bits per heavy atom. The fourth-order valence-corrected chi connectivity index (χ4v) is 4.88. The first-order chi connectivity index (χ1) is 19.2. The summed E-state index contributed by atoms with van der Waals surface area (Å²) in [5, 5.41) is 2.56. The Kier molecular flexibility index (Phi) is 7.77. The molecular formula is C30H28F2N2O6. The van der Waals surface area contributed by atoms with Gasteiger partial charge in [0, 0.05) is 18.2 Å². The number of halogens is 2. The number of esters is 2. The van der Waals surface area contributed by atoms with Crippen molar-refractivity contribution in [2.45, 2.75) is 50.7 Å². The summed E-state index contributed by atoms with van der Waals surface area (Å²) in [5.41, 5.74) is 2.09. The number of aromatic nitrogens is 1. The van der Waals surface area contributed by atoms with Gasteiger partial charge >= 0.3 is 11.9 Å². The number of methoxy groups -OCH3 is 1. The lowest BCUT2D eigenvalue weighted by Gasteiger charge is -2.34. The average Bonchev–Trinajstić information content (AvgIpc) is 3.79. The van der Waals surface area contributed by atoms with Crippen LogP contribution in [0.4, 0.5) is 8.78 Å². The van der Waals surface area contributed by atoms with E-state index in [2.05, 4.69) is 10.3 Å². The second kappa shape index (κ2) is 11.4. The molecule has 0 saturated heterocycles. The van der Waals surface area contributed by atoms with Crippen LogP contribution < -0.4 is 14.8 Å². The maximum absolute atomic E-state index is 13.9. The quantitative estimate of drug-likeness (QED) is 0.412. The number of nitrogens with one attached hydrogen (secondary N) is 1. The number of carbonyl (C=O) groups excluding carboxylic acids is 3. The summed E-state index contributed by atoms with van der Waals surface area (Å²) in [4.78, 5) is 42.6. The fourth-order valence-electron chi connectivity index (χ4n) is 4.88. The van der Waals surface area contributed by atoms with E-state index in [0.717, 1.165) is 11.1 Å². The molecule has 1 saturated carbocycles. The summed E-state index contributed by atoms with van der Waals surface area (Å²) in [6, 6.07) is 10.7. The van der Waals surface area contributed by atoms with Crippen molar-refractivity contribution in [1.82, 2.24) is 10.3 Å². The highest BCUT2D eigenvalue weighted by Gasteiger charge is 2.36. The van der Waals surface area contributed by atoms with Crippen LogP contribution in [0.15, 0.2) is 54.7 Å². The SMILES string of the molecule is COc1ccnc(C(=O)N[C@@H](C)C(=O)OC2CCc3cc(F)ccc3C2c2ccc(F)cc2)c1OC(=O)C1CC1. The summed E-state index contributed by atoms with van der Waals surface area (Å²) in [6.45, 7) is 1.47. The molecule has 5 rings (SSSR count). The minimum Gasteiger partial charge on any atom is -0.493 e. The van der Waals surface area contributed by atoms with Gasteiger partial charge in [-0.15, -0.1) is 0 Å². The number of nitrogens with zero attached hydrogens (tertiary/aromatic N) is 1. The molecule has 1 N–H and O–H groups in total. The molecule has 0 radical (unpaired) electrons. The number of aryl methyl sites for hydroxylation is 1. The highest BCUT2D eigenvalue weighted by Crippen LogP contribution is 2.39. The highest BCUT2D eigenvalue weighted by molar-refractivity contribution is 5.98. The largest absolute Gasteiger partial charge is 0.493 e. The second-order valence-corrected chi connectivity index (χ2v) is 9.97. The molecule has 0 spiro atoms. The van der Waals surface area contributed by atoms with Gasteiger partial charge in [0.05, 0.1) is 13.0 Å². The summed E-state index contributed by atoms with van der Waals surface area (Å²) >= 11 is 0. The van der Waals surface area contributed by atoms with Crippen LogP contribution in [0.5, 0.6) is 11.5 Å². The number of rotatable bonds is 8. The molecule has 2 aliphatic rings. The molecule has 3 atom stereocenters. The molecule has 1 heterocycles. The van der Waals surface area contributed by atoms with Crippen LogP contribution in [0.1, 0.15) is 59.3 Å². The number of fused-ring (bicyclic) bond motifs is 1. The van der Waals surface area contributed by atoms with Crippen LogP contribution in [-0.2, 0) is 20.7 Å². The van der Waals surface area contributed by atoms with E-state index in [1.54, 1.807) is 18.2 Å². The predicted molar refractivity (Wildman–Crippen MR) is 139 cm³/mol. The van der Waals surface area contributed by atoms with Crippen molar-refractivity contribution >= 4 is 17.8 Å². The van der Waals surface area contributed by atoms with E-state index < -0.39 is 41.7 Å². The molecular weight excluding hydrogens is 522 g/mol. The Hall–Kier alpha value is -4.34. The Morgan fingerprint density at radius 1 is 1.00 bits per heavy atom. The number of ether oxygens (including phenoxy) is 3. The van der Waals surface area contributed by atoms with Crippen LogP contribution in [0, 0.1) is 17.6 Å². The van der Waals surface area contributed by atoms with Gasteiger partial charge in [0.2, 0.25) is 5.75 Å². The molecule has 0 bridgehead atoms. The number of pyridine rings is 1. The summed E-state index contributed by atoms with van der Waals surface area (Å²) in [6.07, 6.45) is 3.01. The maximum atomic E-state index is 13.9. The van der Waals surface area contributed by atoms with Crippen molar-refractivity contribution in [2.75, 3.05) is 7.11 Å². The summed E-state index contributed by atoms with van der Waals surface area (Å²) in [5.74, 6) is -3.33. The molecule has 40 heavy (non-hydrogen) atoms. The standard InChI is InChI=1S/C30H28F2N2O6/c1-16(34-28(35)26-27(24(38-2)13-14-33-26)40-30(37)18-3-4-18)29(36)39-23-12-7-19-15-21(32)10-11-22(19)25(23)17-5-8-20(31)9-6-17/h5-6,8-11,13-16,18,23,25H,3-4,7,12H2,1-2H3,(H,34,35)/t16-,23?,25?/m0/s1. The van der Waals surface area contributed by atoms with Gasteiger partial charge in [0.25, 0.3) is 5.91 Å². The Balaban J connectivity index is 1.33. The van der Waals surface area contributed by atoms with E-state index in [9.17, 15) is 23.2 Å². The number of hydrogen-bond donors (Lipinski definition) is 1. The Bertz CT molecular complexity index is 1440. The van der Waals surface area contributed by atoms with Crippen molar-refractivity contribution in [2.24, 2.45) is 5.92 Å². The van der Waals surface area contributed by atoms with Crippen molar-refractivity contribution < 1.29 is 37.4 Å². The fraction of sp³-hybridized carbons (Fsp3) is 0.333. The first-order valence-electron chi connectivity index (χ1n) is 13.0. The molecule has 208 valence electrons. The zero-order chi connectivity index (χ0) is 28.4. The van der Waals surface area contributed by atoms with Gasteiger partial charge in [-0.1, -0.05) is 18.2 Å². The van der Waals surface area contributed by atoms with Crippen LogP contribution in [0.2, 0.25) is 0 Å². The Morgan fingerprint density at radius 2 is 1.73 bits per heavy atom. The first-order valence-corrected chi connectivity index (χ1v) is 13.0. The van der Waals surface area contributed by atoms with Crippen molar-refractivity contribution in [3.63, 3.8) is 0 Å². The van der Waals surface area contributed by atoms with E-state index in [1.807, 2.05) is 0 Å². The average molecular weight is 551 g/mol. The molecule has 2 unspecified atom stereocenters. The zero-order valence-corrected chi connectivity index (χ0v) is 22.0. The van der Waals surface area contributed by atoms with Gasteiger partial charge in [0.15, 0.2) is 11.4 Å². The van der Waals surface area contributed by atoms with Crippen LogP contribution in [-0.4, -0.2) is 42.1 Å². The third-order valence-electron chi connectivity index (χ3n) is 7.12. The molecule has 8 nitrogen and oxygen atoms in total. The molecule has 2 aliphatic carbocycles. The van der Waals surface area contributed by atoms with Crippen molar-refractivity contribution in [1.29, 1.82) is 0 Å². The molecule has 0 aliphatic heterocycles. The molecule has 1 aromatic heterocycles. The lowest BCUT2D eigenvalue weighted by molar-refractivity contribution is -0.152. The smallest absolute Gasteiger partial charge is 0.328 e. The molecule has 2 aromatic carbocycles. The van der Waals surface area contributed by atoms with Gasteiger partial charge in [-0.2, -0.15) is 0 Å². The van der Waals surface area contributed by atoms with Crippen LogP contribution in [0.25, 0.3) is 0 Å². The number of amides is 1. The molecule has 1 amide bonds. The lowest BCUT2D eigenvalue weighted by atomic mass is 9.77. The lowest BCUT2D eigenvalue weighted by Crippen LogP contribution is -2.43. The number of hydrogen-bond acceptors (Lipinski definition) is 7. The maximum Gasteiger partial charge on any atom is 0.328 e. The van der Waals surface area contributed by atoms with E-state index in [0.29, 0.717) is 31.2 Å². The minimum absolute atomic E-state index is 0.118. The molecule has 3 aromatic rings. The highest BCUT2D eigenvalue weighted by atomic mass is 19.1. The normalized spacial score (nSPS) is 18.7. The van der Waals surface area contributed by atoms with E-state index in [4.69, 9.17) is 14.2 Å². The van der Waals surface area contributed by atoms with Gasteiger partial charge < -0.3 is 19.5 Å². The van der Waals surface area contributed by atoms with E-state index in [1.165, 1.54) is 50.6 Å². The third kappa shape index (κ3) is 5.80. The van der Waals surface area contributed by atoms with E-state index in [-0.39, 0.29) is 28.9 Å². The summed E-state index contributed by atoms with van der Waals surface area (Å²) < 4.78 is 44.1. The second-order valence-electron chi connectivity index (χ2n) is 9.97. The van der Waals surface area contributed by atoms with Crippen LogP contribution in [0.3, 0.4) is 0 Å². The monoisotopic (exact) mass is 550 g/mol. The topological polar surface area (TPSA) is 104 Å². The van der Waals surface area contributed by atoms with Gasteiger partial charge in [-0.3, -0.25) is 9.59 Å². The van der Waals surface area contributed by atoms with Crippen molar-refractivity contribution in [3.05, 3.63) is 88.7 Å². The minimum atomic E-state index is -1.09. The van der Waals surface area contributed by atoms with E-state index >= 15 is 0 Å². The van der Waals surface area contributed by atoms with Crippen molar-refractivity contribution in [3.8, 4) is 11.5 Å². The third-order valence-corrected chi connectivity index (χ3v) is 7.12. The van der Waals surface area contributed by atoms with Gasteiger partial charge in [-0.25, -0.2) is 18.6 Å². The Labute approximate surface area is 229 Å². The zero-order valence-electron chi connectivity index (χ0n) is 22.0. The molecule has 1 fully saturated rings. The summed E-state index contributed by atoms with van der Waals surface area (Å²) in [7, 11) is 1.37. The predicted octanol–water partition coefficient (Wildman–Crippen LogP) is 4.49. The van der Waals surface area contributed by atoms with Crippen LogP contribution >= 0.6 is 0 Å². The first kappa shape index (κ1) is 27.2. The molecule has 10 heteroatoms.